The van der Waals surface area contributed by atoms with Gasteiger partial charge in [0.05, 0.1) is 6.07 Å². The minimum Gasteiger partial charge on any atom is -0.481 e. The van der Waals surface area contributed by atoms with Crippen molar-refractivity contribution in [1.82, 2.24) is 0 Å². The standard InChI is InChI=1S/C11H10N2O2/c12-5-6-13-7-9(11(14)15)8-3-1-2-4-10(8)13/h1-4,9H,6-7H2,(H,14,15). The Morgan fingerprint density at radius 1 is 1.60 bits per heavy atom. The van der Waals surface area contributed by atoms with E-state index in [-0.39, 0.29) is 6.54 Å². The molecule has 0 aliphatic carbocycles. The first kappa shape index (κ1) is 9.53. The van der Waals surface area contributed by atoms with E-state index in [1.807, 2.05) is 30.3 Å². The second-order valence-corrected chi connectivity index (χ2v) is 3.49. The molecule has 0 saturated heterocycles. The summed E-state index contributed by atoms with van der Waals surface area (Å²) in [6, 6.07) is 9.39. The van der Waals surface area contributed by atoms with Crippen LogP contribution in [0.1, 0.15) is 11.5 Å². The minimum absolute atomic E-state index is 0.237. The van der Waals surface area contributed by atoms with Gasteiger partial charge in [0.25, 0.3) is 0 Å². The van der Waals surface area contributed by atoms with Crippen LogP contribution in [0.25, 0.3) is 0 Å². The summed E-state index contributed by atoms with van der Waals surface area (Å²) in [5, 5.41) is 17.7. The van der Waals surface area contributed by atoms with Crippen molar-refractivity contribution in [2.75, 3.05) is 18.0 Å². The first-order chi connectivity index (χ1) is 7.24. The second-order valence-electron chi connectivity index (χ2n) is 3.49. The Kier molecular flexibility index (Phi) is 2.30. The van der Waals surface area contributed by atoms with Crippen molar-refractivity contribution in [3.05, 3.63) is 29.8 Å². The zero-order chi connectivity index (χ0) is 10.8. The lowest BCUT2D eigenvalue weighted by Crippen LogP contribution is -2.24. The molecule has 0 bridgehead atoms. The van der Waals surface area contributed by atoms with Gasteiger partial charge in [0.1, 0.15) is 12.5 Å². The number of nitriles is 1. The van der Waals surface area contributed by atoms with E-state index in [2.05, 4.69) is 0 Å². The lowest BCUT2D eigenvalue weighted by Gasteiger charge is -2.14. The fraction of sp³-hybridized carbons (Fsp3) is 0.273. The molecule has 1 aromatic rings. The van der Waals surface area contributed by atoms with Gasteiger partial charge in [-0.05, 0) is 11.6 Å². The van der Waals surface area contributed by atoms with Crippen LogP contribution in [-0.2, 0) is 4.79 Å². The average molecular weight is 202 g/mol. The van der Waals surface area contributed by atoms with Gasteiger partial charge in [-0.25, -0.2) is 0 Å². The van der Waals surface area contributed by atoms with Crippen LogP contribution in [0.15, 0.2) is 24.3 Å². The molecule has 15 heavy (non-hydrogen) atoms. The molecular weight excluding hydrogens is 192 g/mol. The number of anilines is 1. The first-order valence-electron chi connectivity index (χ1n) is 4.67. The van der Waals surface area contributed by atoms with E-state index in [4.69, 9.17) is 10.4 Å². The van der Waals surface area contributed by atoms with Gasteiger partial charge in [0.2, 0.25) is 0 Å². The van der Waals surface area contributed by atoms with E-state index < -0.39 is 11.9 Å². The molecule has 1 N–H and O–H groups in total. The summed E-state index contributed by atoms with van der Waals surface area (Å²) in [6.07, 6.45) is 0. The van der Waals surface area contributed by atoms with Gasteiger partial charge in [-0.2, -0.15) is 5.26 Å². The largest absolute Gasteiger partial charge is 0.481 e. The van der Waals surface area contributed by atoms with E-state index in [1.54, 1.807) is 4.90 Å². The Bertz CT molecular complexity index is 436. The van der Waals surface area contributed by atoms with Gasteiger partial charge >= 0.3 is 5.97 Å². The second kappa shape index (κ2) is 3.62. The summed E-state index contributed by atoms with van der Waals surface area (Å²) in [7, 11) is 0. The smallest absolute Gasteiger partial charge is 0.312 e. The third kappa shape index (κ3) is 1.52. The maximum absolute atomic E-state index is 11.0. The van der Waals surface area contributed by atoms with E-state index in [0.29, 0.717) is 6.54 Å². The van der Waals surface area contributed by atoms with E-state index in [0.717, 1.165) is 11.3 Å². The predicted octanol–water partition coefficient (Wildman–Crippen LogP) is 1.20. The summed E-state index contributed by atoms with van der Waals surface area (Å²) in [6.45, 7) is 0.628. The number of benzene rings is 1. The third-order valence-corrected chi connectivity index (χ3v) is 2.62. The normalized spacial score (nSPS) is 18.3. The molecule has 1 aliphatic rings. The highest BCUT2D eigenvalue weighted by molar-refractivity contribution is 5.83. The van der Waals surface area contributed by atoms with Crippen molar-refractivity contribution < 1.29 is 9.90 Å². The Hall–Kier alpha value is -2.02. The molecule has 76 valence electrons. The maximum atomic E-state index is 11.0. The summed E-state index contributed by atoms with van der Waals surface area (Å²) < 4.78 is 0. The van der Waals surface area contributed by atoms with Crippen LogP contribution in [0.2, 0.25) is 0 Å². The Balaban J connectivity index is 2.40. The van der Waals surface area contributed by atoms with Crippen LogP contribution in [0.5, 0.6) is 0 Å². The van der Waals surface area contributed by atoms with Crippen molar-refractivity contribution in [1.29, 1.82) is 5.26 Å². The number of carboxylic acids is 1. The lowest BCUT2D eigenvalue weighted by atomic mass is 10.0. The van der Waals surface area contributed by atoms with E-state index in [1.165, 1.54) is 0 Å². The third-order valence-electron chi connectivity index (χ3n) is 2.62. The number of nitrogens with zero attached hydrogens (tertiary/aromatic N) is 2. The van der Waals surface area contributed by atoms with Gasteiger partial charge in [-0.1, -0.05) is 18.2 Å². The number of rotatable bonds is 2. The van der Waals surface area contributed by atoms with Crippen LogP contribution >= 0.6 is 0 Å². The van der Waals surface area contributed by atoms with E-state index >= 15 is 0 Å². The number of carbonyl (C=O) groups is 1. The Morgan fingerprint density at radius 3 is 3.00 bits per heavy atom. The lowest BCUT2D eigenvalue weighted by molar-refractivity contribution is -0.138. The summed E-state index contributed by atoms with van der Waals surface area (Å²) in [5.74, 6) is -1.34. The monoisotopic (exact) mass is 202 g/mol. The zero-order valence-corrected chi connectivity index (χ0v) is 8.05. The molecule has 1 atom stereocenters. The number of fused-ring (bicyclic) bond motifs is 1. The van der Waals surface area contributed by atoms with Crippen LogP contribution < -0.4 is 4.90 Å². The van der Waals surface area contributed by atoms with Gasteiger partial charge in [0, 0.05) is 12.2 Å². The zero-order valence-electron chi connectivity index (χ0n) is 8.05. The topological polar surface area (TPSA) is 64.3 Å². The molecule has 2 rings (SSSR count). The number of carboxylic acid groups (broad SMARTS) is 1. The molecule has 1 heterocycles. The quantitative estimate of drug-likeness (QED) is 0.732. The van der Waals surface area contributed by atoms with Crippen molar-refractivity contribution in [2.45, 2.75) is 5.92 Å². The fourth-order valence-corrected chi connectivity index (χ4v) is 1.93. The summed E-state index contributed by atoms with van der Waals surface area (Å²) >= 11 is 0. The molecule has 1 aromatic carbocycles. The highest BCUT2D eigenvalue weighted by atomic mass is 16.4. The molecule has 0 amide bonds. The molecule has 0 saturated carbocycles. The predicted molar refractivity (Wildman–Crippen MR) is 54.6 cm³/mol. The van der Waals surface area contributed by atoms with Gasteiger partial charge < -0.3 is 10.0 Å². The van der Waals surface area contributed by atoms with Crippen LogP contribution in [0.4, 0.5) is 5.69 Å². The molecule has 1 unspecified atom stereocenters. The number of hydrogen-bond donors (Lipinski definition) is 1. The molecule has 0 spiro atoms. The van der Waals surface area contributed by atoms with Crippen molar-refractivity contribution in [3.8, 4) is 6.07 Å². The van der Waals surface area contributed by atoms with Crippen molar-refractivity contribution in [3.63, 3.8) is 0 Å². The minimum atomic E-state index is -0.831. The molecule has 4 heteroatoms. The van der Waals surface area contributed by atoms with Gasteiger partial charge in [0.15, 0.2) is 0 Å². The average Bonchev–Trinajstić information content (AvgIpc) is 2.59. The molecule has 0 aromatic heterocycles. The van der Waals surface area contributed by atoms with Crippen LogP contribution in [0, 0.1) is 11.3 Å². The molecule has 0 radical (unpaired) electrons. The molecule has 0 fully saturated rings. The van der Waals surface area contributed by atoms with Crippen molar-refractivity contribution >= 4 is 11.7 Å². The first-order valence-corrected chi connectivity index (χ1v) is 4.67. The molecular formula is C11H10N2O2. The highest BCUT2D eigenvalue weighted by Gasteiger charge is 2.32. The van der Waals surface area contributed by atoms with Crippen LogP contribution in [0.3, 0.4) is 0 Å². The van der Waals surface area contributed by atoms with Gasteiger partial charge in [-0.3, -0.25) is 4.79 Å². The van der Waals surface area contributed by atoms with Crippen LogP contribution in [-0.4, -0.2) is 24.2 Å². The van der Waals surface area contributed by atoms with Gasteiger partial charge in [-0.15, -0.1) is 0 Å². The molecule has 1 aliphatic heterocycles. The molecule has 4 nitrogen and oxygen atoms in total. The van der Waals surface area contributed by atoms with Crippen molar-refractivity contribution in [2.24, 2.45) is 0 Å². The SMILES string of the molecule is N#CCN1CC(C(=O)O)c2ccccc21. The summed E-state index contributed by atoms with van der Waals surface area (Å²) in [4.78, 5) is 12.8. The number of hydrogen-bond acceptors (Lipinski definition) is 3. The number of aliphatic carboxylic acids is 1. The fourth-order valence-electron chi connectivity index (χ4n) is 1.93. The van der Waals surface area contributed by atoms with E-state index in [9.17, 15) is 4.79 Å². The number of para-hydroxylation sites is 1. The Morgan fingerprint density at radius 2 is 2.33 bits per heavy atom. The Labute approximate surface area is 87.4 Å². The highest BCUT2D eigenvalue weighted by Crippen LogP contribution is 2.35. The maximum Gasteiger partial charge on any atom is 0.312 e. The summed E-state index contributed by atoms with van der Waals surface area (Å²) in [5.41, 5.74) is 1.67.